The van der Waals surface area contributed by atoms with Crippen LogP contribution in [0.15, 0.2) is 55.0 Å². The van der Waals surface area contributed by atoms with Gasteiger partial charge in [-0.2, -0.15) is 0 Å². The lowest BCUT2D eigenvalue weighted by atomic mass is 10.1. The number of aromatic carboxylic acids is 1. The van der Waals surface area contributed by atoms with Crippen LogP contribution in [0.3, 0.4) is 0 Å². The van der Waals surface area contributed by atoms with E-state index in [1.54, 1.807) is 12.1 Å². The standard InChI is InChI=1S/C18H16FN5O2/c1-11(12-2-4-14(19)5-3-12)22-15-8-13(18(25)26)9-16(23-15)24-17-10-20-6-7-21-17/h2-11H,1H3,(H,25,26)(H2,21,22,23,24). The first kappa shape index (κ1) is 17.3. The molecular weight excluding hydrogens is 337 g/mol. The Morgan fingerprint density at radius 2 is 1.85 bits per heavy atom. The average molecular weight is 353 g/mol. The highest BCUT2D eigenvalue weighted by molar-refractivity contribution is 5.89. The summed E-state index contributed by atoms with van der Waals surface area (Å²) in [5.41, 5.74) is 0.914. The summed E-state index contributed by atoms with van der Waals surface area (Å²) in [6, 6.07) is 8.70. The molecule has 3 rings (SSSR count). The second kappa shape index (κ2) is 7.56. The molecule has 8 heteroatoms. The van der Waals surface area contributed by atoms with Crippen LogP contribution in [0.5, 0.6) is 0 Å². The van der Waals surface area contributed by atoms with Crippen molar-refractivity contribution in [3.8, 4) is 0 Å². The van der Waals surface area contributed by atoms with Crippen LogP contribution in [0.2, 0.25) is 0 Å². The van der Waals surface area contributed by atoms with Crippen LogP contribution in [-0.4, -0.2) is 26.0 Å². The van der Waals surface area contributed by atoms with Gasteiger partial charge in [-0.25, -0.2) is 19.2 Å². The van der Waals surface area contributed by atoms with E-state index in [4.69, 9.17) is 0 Å². The number of anilines is 3. The van der Waals surface area contributed by atoms with Gasteiger partial charge in [0.05, 0.1) is 11.8 Å². The Morgan fingerprint density at radius 3 is 2.50 bits per heavy atom. The number of rotatable bonds is 6. The van der Waals surface area contributed by atoms with Gasteiger partial charge in [-0.1, -0.05) is 12.1 Å². The number of carboxylic acid groups (broad SMARTS) is 1. The van der Waals surface area contributed by atoms with E-state index in [0.717, 1.165) is 5.56 Å². The van der Waals surface area contributed by atoms with Crippen molar-refractivity contribution in [3.63, 3.8) is 0 Å². The summed E-state index contributed by atoms with van der Waals surface area (Å²) < 4.78 is 13.1. The zero-order valence-electron chi connectivity index (χ0n) is 13.8. The largest absolute Gasteiger partial charge is 0.478 e. The maximum atomic E-state index is 13.1. The molecule has 0 saturated heterocycles. The molecule has 3 aromatic rings. The molecule has 0 bridgehead atoms. The highest BCUT2D eigenvalue weighted by Crippen LogP contribution is 2.22. The molecule has 0 aliphatic heterocycles. The number of hydrogen-bond acceptors (Lipinski definition) is 6. The summed E-state index contributed by atoms with van der Waals surface area (Å²) in [6.07, 6.45) is 4.55. The Kier molecular flexibility index (Phi) is 5.02. The first-order valence-electron chi connectivity index (χ1n) is 7.81. The van der Waals surface area contributed by atoms with Crippen molar-refractivity contribution >= 4 is 23.4 Å². The third kappa shape index (κ3) is 4.29. The van der Waals surface area contributed by atoms with E-state index in [9.17, 15) is 14.3 Å². The lowest BCUT2D eigenvalue weighted by Gasteiger charge is -2.16. The van der Waals surface area contributed by atoms with Crippen LogP contribution < -0.4 is 10.6 Å². The van der Waals surface area contributed by atoms with Gasteiger partial charge in [-0.3, -0.25) is 4.98 Å². The summed E-state index contributed by atoms with van der Waals surface area (Å²) in [5, 5.41) is 15.4. The summed E-state index contributed by atoms with van der Waals surface area (Å²) in [7, 11) is 0. The van der Waals surface area contributed by atoms with Crippen molar-refractivity contribution in [2.45, 2.75) is 13.0 Å². The van der Waals surface area contributed by atoms with Crippen molar-refractivity contribution in [1.29, 1.82) is 0 Å². The molecule has 2 heterocycles. The van der Waals surface area contributed by atoms with E-state index in [2.05, 4.69) is 25.6 Å². The number of aromatic nitrogens is 3. The number of benzene rings is 1. The van der Waals surface area contributed by atoms with E-state index in [1.165, 1.54) is 42.9 Å². The summed E-state index contributed by atoms with van der Waals surface area (Å²) in [5.74, 6) is -0.262. The minimum Gasteiger partial charge on any atom is -0.478 e. The molecule has 1 aromatic carbocycles. The van der Waals surface area contributed by atoms with E-state index >= 15 is 0 Å². The quantitative estimate of drug-likeness (QED) is 0.622. The van der Waals surface area contributed by atoms with Crippen molar-refractivity contribution in [3.05, 3.63) is 71.9 Å². The van der Waals surface area contributed by atoms with Gasteiger partial charge in [-0.15, -0.1) is 0 Å². The molecule has 0 saturated carbocycles. The number of nitrogens with zero attached hydrogens (tertiary/aromatic N) is 3. The Balaban J connectivity index is 1.85. The van der Waals surface area contributed by atoms with Gasteiger partial charge in [0.1, 0.15) is 23.3 Å². The fourth-order valence-electron chi connectivity index (χ4n) is 2.34. The first-order chi connectivity index (χ1) is 12.5. The lowest BCUT2D eigenvalue weighted by Crippen LogP contribution is -2.10. The normalized spacial score (nSPS) is 11.6. The van der Waals surface area contributed by atoms with Crippen molar-refractivity contribution < 1.29 is 14.3 Å². The third-order valence-electron chi connectivity index (χ3n) is 3.63. The molecule has 26 heavy (non-hydrogen) atoms. The van der Waals surface area contributed by atoms with Crippen LogP contribution >= 0.6 is 0 Å². The van der Waals surface area contributed by atoms with Gasteiger partial charge in [0, 0.05) is 18.4 Å². The van der Waals surface area contributed by atoms with E-state index in [0.29, 0.717) is 17.5 Å². The molecule has 1 unspecified atom stereocenters. The third-order valence-corrected chi connectivity index (χ3v) is 3.63. The number of carboxylic acids is 1. The molecule has 0 aliphatic rings. The summed E-state index contributed by atoms with van der Waals surface area (Å²) in [6.45, 7) is 1.87. The van der Waals surface area contributed by atoms with E-state index in [1.807, 2.05) is 6.92 Å². The van der Waals surface area contributed by atoms with Crippen LogP contribution in [-0.2, 0) is 0 Å². The highest BCUT2D eigenvalue weighted by atomic mass is 19.1. The van der Waals surface area contributed by atoms with Gasteiger partial charge in [0.25, 0.3) is 0 Å². The zero-order valence-corrected chi connectivity index (χ0v) is 13.8. The van der Waals surface area contributed by atoms with Gasteiger partial charge < -0.3 is 15.7 Å². The maximum absolute atomic E-state index is 13.1. The molecule has 2 aromatic heterocycles. The molecule has 7 nitrogen and oxygen atoms in total. The lowest BCUT2D eigenvalue weighted by molar-refractivity contribution is 0.0697. The molecule has 0 amide bonds. The van der Waals surface area contributed by atoms with E-state index < -0.39 is 5.97 Å². The predicted octanol–water partition coefficient (Wildman–Crippen LogP) is 3.63. The van der Waals surface area contributed by atoms with Crippen LogP contribution in [0.1, 0.15) is 28.9 Å². The van der Waals surface area contributed by atoms with Crippen molar-refractivity contribution in [2.75, 3.05) is 10.6 Å². The molecule has 1 atom stereocenters. The molecule has 0 radical (unpaired) electrons. The molecular formula is C18H16FN5O2. The molecule has 0 aliphatic carbocycles. The number of pyridine rings is 1. The number of carbonyl (C=O) groups is 1. The average Bonchev–Trinajstić information content (AvgIpc) is 2.63. The van der Waals surface area contributed by atoms with Gasteiger partial charge in [0.2, 0.25) is 0 Å². The first-order valence-corrected chi connectivity index (χ1v) is 7.81. The number of nitrogens with one attached hydrogen (secondary N) is 2. The minimum atomic E-state index is -1.08. The van der Waals surface area contributed by atoms with Crippen molar-refractivity contribution in [1.82, 2.24) is 15.0 Å². The Hall–Kier alpha value is -3.55. The van der Waals surface area contributed by atoms with Crippen LogP contribution in [0.25, 0.3) is 0 Å². The smallest absolute Gasteiger partial charge is 0.335 e. The second-order valence-corrected chi connectivity index (χ2v) is 5.56. The second-order valence-electron chi connectivity index (χ2n) is 5.56. The van der Waals surface area contributed by atoms with Gasteiger partial charge in [0.15, 0.2) is 0 Å². The highest BCUT2D eigenvalue weighted by Gasteiger charge is 2.12. The maximum Gasteiger partial charge on any atom is 0.335 e. The van der Waals surface area contributed by atoms with Crippen LogP contribution in [0.4, 0.5) is 21.8 Å². The predicted molar refractivity (Wildman–Crippen MR) is 94.9 cm³/mol. The fourth-order valence-corrected chi connectivity index (χ4v) is 2.34. The fraction of sp³-hybridized carbons (Fsp3) is 0.111. The Labute approximate surface area is 149 Å². The SMILES string of the molecule is CC(Nc1cc(C(=O)O)cc(Nc2cnccn2)n1)c1ccc(F)cc1. The molecule has 0 fully saturated rings. The minimum absolute atomic E-state index is 0.0696. The summed E-state index contributed by atoms with van der Waals surface area (Å²) >= 11 is 0. The van der Waals surface area contributed by atoms with Gasteiger partial charge in [-0.05, 0) is 36.8 Å². The van der Waals surface area contributed by atoms with Gasteiger partial charge >= 0.3 is 5.97 Å². The van der Waals surface area contributed by atoms with Crippen molar-refractivity contribution in [2.24, 2.45) is 0 Å². The number of hydrogen-bond donors (Lipinski definition) is 3. The topological polar surface area (TPSA) is 100 Å². The Morgan fingerprint density at radius 1 is 1.12 bits per heavy atom. The van der Waals surface area contributed by atoms with E-state index in [-0.39, 0.29) is 17.4 Å². The molecule has 0 spiro atoms. The Bertz CT molecular complexity index is 903. The number of halogens is 1. The molecule has 3 N–H and O–H groups in total. The molecule has 132 valence electrons. The zero-order chi connectivity index (χ0) is 18.5. The van der Waals surface area contributed by atoms with Crippen LogP contribution in [0, 0.1) is 5.82 Å². The summed E-state index contributed by atoms with van der Waals surface area (Å²) in [4.78, 5) is 23.8. The monoisotopic (exact) mass is 353 g/mol.